The molecule has 2 rings (SSSR count). The molecule has 78 valence electrons. The summed E-state index contributed by atoms with van der Waals surface area (Å²) in [6.07, 6.45) is 2.84. The lowest BCUT2D eigenvalue weighted by molar-refractivity contribution is 0.180. The molecule has 1 aliphatic carbocycles. The van der Waals surface area contributed by atoms with Crippen LogP contribution >= 0.6 is 0 Å². The van der Waals surface area contributed by atoms with Gasteiger partial charge >= 0.3 is 0 Å². The number of hydrogen-bond donors (Lipinski definition) is 1. The Kier molecular flexibility index (Phi) is 4.15. The summed E-state index contributed by atoms with van der Waals surface area (Å²) < 4.78 is 0. The average Bonchev–Trinajstić information content (AvgIpc) is 2.64. The second-order valence-electron chi connectivity index (χ2n) is 3.39. The molecule has 0 heterocycles. The highest BCUT2D eigenvalue weighted by Crippen LogP contribution is 2.32. The van der Waals surface area contributed by atoms with E-state index in [-0.39, 0.29) is 6.10 Å². The van der Waals surface area contributed by atoms with Gasteiger partial charge in [-0.15, -0.1) is 0 Å². The largest absolute Gasteiger partial charge is 0.388 e. The highest BCUT2D eigenvalue weighted by Gasteiger charge is 2.21. The van der Waals surface area contributed by atoms with E-state index in [0.717, 1.165) is 24.8 Å². The third kappa shape index (κ3) is 1.98. The van der Waals surface area contributed by atoms with Crippen molar-refractivity contribution in [3.05, 3.63) is 34.9 Å². The maximum Gasteiger partial charge on any atom is 0.0796 e. The molecule has 1 heteroatoms. The van der Waals surface area contributed by atoms with Crippen molar-refractivity contribution < 1.29 is 5.11 Å². The Labute approximate surface area is 86.8 Å². The van der Waals surface area contributed by atoms with Crippen LogP contribution in [0, 0.1) is 0 Å². The van der Waals surface area contributed by atoms with Crippen LogP contribution in [0.1, 0.15) is 50.0 Å². The first-order chi connectivity index (χ1) is 6.83. The Hall–Kier alpha value is -0.820. The second kappa shape index (κ2) is 5.16. The van der Waals surface area contributed by atoms with Crippen LogP contribution in [-0.4, -0.2) is 5.11 Å². The molecular weight excluding hydrogens is 172 g/mol. The first kappa shape index (κ1) is 11.3. The Morgan fingerprint density at radius 2 is 2.07 bits per heavy atom. The van der Waals surface area contributed by atoms with E-state index in [1.807, 2.05) is 26.0 Å². The molecule has 0 saturated carbocycles. The number of benzene rings is 1. The predicted molar refractivity (Wildman–Crippen MR) is 60.4 cm³/mol. The summed E-state index contributed by atoms with van der Waals surface area (Å²) in [5, 5.41) is 9.60. The van der Waals surface area contributed by atoms with Gasteiger partial charge in [-0.25, -0.2) is 0 Å². The van der Waals surface area contributed by atoms with E-state index < -0.39 is 0 Å². The van der Waals surface area contributed by atoms with Crippen LogP contribution in [0.2, 0.25) is 0 Å². The van der Waals surface area contributed by atoms with E-state index in [1.165, 1.54) is 11.1 Å². The molecule has 0 fully saturated rings. The molecule has 0 saturated heterocycles. The molecule has 1 aromatic carbocycles. The molecule has 1 N–H and O–H groups in total. The first-order valence-electron chi connectivity index (χ1n) is 5.61. The standard InChI is InChI=1S/C11H14O.C2H6/c1-2-8-4-3-5-10-9(8)6-7-11(10)12;1-2/h3-5,11-12H,2,6-7H2,1H3;1-2H3. The molecule has 0 spiro atoms. The third-order valence-corrected chi connectivity index (χ3v) is 2.72. The zero-order chi connectivity index (χ0) is 10.6. The van der Waals surface area contributed by atoms with Gasteiger partial charge in [-0.1, -0.05) is 39.0 Å². The van der Waals surface area contributed by atoms with Gasteiger partial charge in [0.15, 0.2) is 0 Å². The van der Waals surface area contributed by atoms with E-state index in [9.17, 15) is 5.11 Å². The van der Waals surface area contributed by atoms with Gasteiger partial charge in [-0.3, -0.25) is 0 Å². The number of aryl methyl sites for hydroxylation is 1. The maximum absolute atomic E-state index is 9.60. The van der Waals surface area contributed by atoms with Crippen molar-refractivity contribution in [3.8, 4) is 0 Å². The summed E-state index contributed by atoms with van der Waals surface area (Å²) in [6.45, 7) is 6.17. The Bertz CT molecular complexity index is 291. The number of aliphatic hydroxyl groups is 1. The predicted octanol–water partition coefficient (Wildman–Crippen LogP) is 3.25. The molecule has 1 unspecified atom stereocenters. The van der Waals surface area contributed by atoms with Crippen molar-refractivity contribution in [2.75, 3.05) is 0 Å². The molecule has 0 aromatic heterocycles. The quantitative estimate of drug-likeness (QED) is 0.724. The molecule has 0 bridgehead atoms. The fraction of sp³-hybridized carbons (Fsp3) is 0.538. The van der Waals surface area contributed by atoms with Crippen LogP contribution < -0.4 is 0 Å². The minimum Gasteiger partial charge on any atom is -0.388 e. The lowest BCUT2D eigenvalue weighted by Gasteiger charge is -2.06. The zero-order valence-electron chi connectivity index (χ0n) is 9.38. The van der Waals surface area contributed by atoms with Crippen LogP contribution in [0.15, 0.2) is 18.2 Å². The fourth-order valence-corrected chi connectivity index (χ4v) is 2.04. The molecule has 1 aliphatic rings. The van der Waals surface area contributed by atoms with Gasteiger partial charge in [-0.05, 0) is 36.0 Å². The van der Waals surface area contributed by atoms with Crippen molar-refractivity contribution in [2.45, 2.75) is 46.1 Å². The van der Waals surface area contributed by atoms with Crippen molar-refractivity contribution in [3.63, 3.8) is 0 Å². The molecule has 1 atom stereocenters. The van der Waals surface area contributed by atoms with Gasteiger partial charge in [0.25, 0.3) is 0 Å². The molecule has 1 nitrogen and oxygen atoms in total. The Morgan fingerprint density at radius 3 is 2.71 bits per heavy atom. The van der Waals surface area contributed by atoms with E-state index >= 15 is 0 Å². The molecule has 14 heavy (non-hydrogen) atoms. The van der Waals surface area contributed by atoms with E-state index in [1.54, 1.807) is 0 Å². The first-order valence-corrected chi connectivity index (χ1v) is 5.61. The third-order valence-electron chi connectivity index (χ3n) is 2.72. The van der Waals surface area contributed by atoms with Gasteiger partial charge in [0.2, 0.25) is 0 Å². The maximum atomic E-state index is 9.60. The monoisotopic (exact) mass is 192 g/mol. The summed E-state index contributed by atoms with van der Waals surface area (Å²) in [4.78, 5) is 0. The highest BCUT2D eigenvalue weighted by molar-refractivity contribution is 5.39. The minimum absolute atomic E-state index is 0.202. The van der Waals surface area contributed by atoms with Crippen LogP contribution in [0.4, 0.5) is 0 Å². The van der Waals surface area contributed by atoms with Crippen LogP contribution in [-0.2, 0) is 12.8 Å². The summed E-state index contributed by atoms with van der Waals surface area (Å²) in [7, 11) is 0. The Balaban J connectivity index is 0.000000461. The highest BCUT2D eigenvalue weighted by atomic mass is 16.3. The van der Waals surface area contributed by atoms with Crippen LogP contribution in [0.25, 0.3) is 0 Å². The van der Waals surface area contributed by atoms with Crippen molar-refractivity contribution in [1.82, 2.24) is 0 Å². The second-order valence-corrected chi connectivity index (χ2v) is 3.39. The molecule has 0 aliphatic heterocycles. The van der Waals surface area contributed by atoms with E-state index in [0.29, 0.717) is 0 Å². The summed E-state index contributed by atoms with van der Waals surface area (Å²) >= 11 is 0. The number of fused-ring (bicyclic) bond motifs is 1. The van der Waals surface area contributed by atoms with Crippen molar-refractivity contribution in [2.24, 2.45) is 0 Å². The number of aliphatic hydroxyl groups excluding tert-OH is 1. The minimum atomic E-state index is -0.202. The average molecular weight is 192 g/mol. The van der Waals surface area contributed by atoms with Crippen molar-refractivity contribution in [1.29, 1.82) is 0 Å². The van der Waals surface area contributed by atoms with Crippen molar-refractivity contribution >= 4 is 0 Å². The van der Waals surface area contributed by atoms with Gasteiger partial charge in [0.05, 0.1) is 6.10 Å². The van der Waals surface area contributed by atoms with Gasteiger partial charge in [-0.2, -0.15) is 0 Å². The smallest absolute Gasteiger partial charge is 0.0796 e. The molecular formula is C13H20O. The Morgan fingerprint density at radius 1 is 1.36 bits per heavy atom. The van der Waals surface area contributed by atoms with Gasteiger partial charge in [0.1, 0.15) is 0 Å². The zero-order valence-corrected chi connectivity index (χ0v) is 9.38. The summed E-state index contributed by atoms with van der Waals surface area (Å²) in [5.74, 6) is 0. The lowest BCUT2D eigenvalue weighted by Crippen LogP contribution is -1.92. The number of hydrogen-bond acceptors (Lipinski definition) is 1. The lowest BCUT2D eigenvalue weighted by atomic mass is 10.0. The topological polar surface area (TPSA) is 20.2 Å². The van der Waals surface area contributed by atoms with Gasteiger partial charge in [0, 0.05) is 0 Å². The molecule has 1 aromatic rings. The van der Waals surface area contributed by atoms with Gasteiger partial charge < -0.3 is 5.11 Å². The van der Waals surface area contributed by atoms with E-state index in [4.69, 9.17) is 0 Å². The fourth-order valence-electron chi connectivity index (χ4n) is 2.04. The van der Waals surface area contributed by atoms with Crippen LogP contribution in [0.3, 0.4) is 0 Å². The molecule has 0 amide bonds. The summed E-state index contributed by atoms with van der Waals surface area (Å²) in [6, 6.07) is 6.26. The number of rotatable bonds is 1. The normalized spacial score (nSPS) is 18.4. The molecule has 0 radical (unpaired) electrons. The summed E-state index contributed by atoms with van der Waals surface area (Å²) in [5.41, 5.74) is 3.96. The van der Waals surface area contributed by atoms with E-state index in [2.05, 4.69) is 13.0 Å². The van der Waals surface area contributed by atoms with Crippen LogP contribution in [0.5, 0.6) is 0 Å². The SMILES string of the molecule is CC.CCc1cccc2c1CCC2O.